The summed E-state index contributed by atoms with van der Waals surface area (Å²) in [6.07, 6.45) is -6.21. The highest BCUT2D eigenvalue weighted by Gasteiger charge is 2.48. The molecule has 2 heterocycles. The van der Waals surface area contributed by atoms with Crippen molar-refractivity contribution in [3.63, 3.8) is 0 Å². The molecule has 0 saturated carbocycles. The normalized spacial score (nSPS) is 50.0. The molecule has 8 heteroatoms. The van der Waals surface area contributed by atoms with Gasteiger partial charge in [0.2, 0.25) is 0 Å². The molecule has 8 nitrogen and oxygen atoms in total. The minimum atomic E-state index is -1.28. The Morgan fingerprint density at radius 3 is 2.04 bits per heavy atom. The monoisotopic (exact) mass is 350 g/mol. The van der Waals surface area contributed by atoms with Gasteiger partial charge in [-0.2, -0.15) is 0 Å². The standard InChI is InChI=1S/C16H30O8/c1-5-9-14(12(19)8(3)15(21-4)22-9)24-16-13(20)11(18)7(2)10(6-17)23-16/h7-20H,5-6H2,1-4H3. The minimum absolute atomic E-state index is 0.298. The van der Waals surface area contributed by atoms with Gasteiger partial charge in [0.15, 0.2) is 12.6 Å². The number of methoxy groups -OCH3 is 1. The molecule has 0 aromatic carbocycles. The Bertz CT molecular complexity index is 390. The number of aliphatic hydroxyl groups is 4. The van der Waals surface area contributed by atoms with Crippen LogP contribution in [0.25, 0.3) is 0 Å². The van der Waals surface area contributed by atoms with Crippen molar-refractivity contribution < 1.29 is 39.4 Å². The van der Waals surface area contributed by atoms with Crippen LogP contribution in [0.1, 0.15) is 27.2 Å². The van der Waals surface area contributed by atoms with Crippen molar-refractivity contribution in [3.8, 4) is 0 Å². The lowest BCUT2D eigenvalue weighted by atomic mass is 9.89. The summed E-state index contributed by atoms with van der Waals surface area (Å²) >= 11 is 0. The molecule has 2 saturated heterocycles. The molecule has 24 heavy (non-hydrogen) atoms. The number of hydrogen-bond acceptors (Lipinski definition) is 8. The fourth-order valence-electron chi connectivity index (χ4n) is 3.37. The highest BCUT2D eigenvalue weighted by atomic mass is 16.7. The molecule has 2 rings (SSSR count). The Kier molecular flexibility index (Phi) is 6.98. The van der Waals surface area contributed by atoms with Gasteiger partial charge in [-0.1, -0.05) is 20.8 Å². The maximum Gasteiger partial charge on any atom is 0.187 e. The van der Waals surface area contributed by atoms with Gasteiger partial charge in [0.25, 0.3) is 0 Å². The van der Waals surface area contributed by atoms with E-state index in [9.17, 15) is 20.4 Å². The molecule has 0 aromatic rings. The Balaban J connectivity index is 2.12. The Hall–Kier alpha value is -0.320. The Morgan fingerprint density at radius 1 is 0.875 bits per heavy atom. The van der Waals surface area contributed by atoms with Crippen molar-refractivity contribution in [2.24, 2.45) is 11.8 Å². The van der Waals surface area contributed by atoms with Gasteiger partial charge in [-0.25, -0.2) is 0 Å². The summed E-state index contributed by atoms with van der Waals surface area (Å²) in [5, 5.41) is 40.3. The number of ether oxygens (including phenoxy) is 4. The summed E-state index contributed by atoms with van der Waals surface area (Å²) in [4.78, 5) is 0. The molecule has 0 bridgehead atoms. The maximum absolute atomic E-state index is 10.6. The molecular formula is C16H30O8. The van der Waals surface area contributed by atoms with Gasteiger partial charge in [-0.05, 0) is 6.42 Å². The second-order valence-electron chi connectivity index (χ2n) is 6.70. The van der Waals surface area contributed by atoms with E-state index in [0.717, 1.165) is 0 Å². The van der Waals surface area contributed by atoms with Crippen molar-refractivity contribution in [2.75, 3.05) is 13.7 Å². The first-order chi connectivity index (χ1) is 11.3. The van der Waals surface area contributed by atoms with Gasteiger partial charge in [-0.15, -0.1) is 0 Å². The van der Waals surface area contributed by atoms with Crippen molar-refractivity contribution in [3.05, 3.63) is 0 Å². The maximum atomic E-state index is 10.6. The van der Waals surface area contributed by atoms with E-state index in [4.69, 9.17) is 18.9 Å². The van der Waals surface area contributed by atoms with Gasteiger partial charge < -0.3 is 39.4 Å². The van der Waals surface area contributed by atoms with Gasteiger partial charge >= 0.3 is 0 Å². The van der Waals surface area contributed by atoms with E-state index in [1.807, 2.05) is 6.92 Å². The lowest BCUT2D eigenvalue weighted by Gasteiger charge is -2.47. The van der Waals surface area contributed by atoms with E-state index in [1.165, 1.54) is 7.11 Å². The highest BCUT2D eigenvalue weighted by Crippen LogP contribution is 2.33. The van der Waals surface area contributed by atoms with E-state index in [1.54, 1.807) is 13.8 Å². The van der Waals surface area contributed by atoms with Crippen LogP contribution in [-0.4, -0.2) is 83.3 Å². The summed E-state index contributed by atoms with van der Waals surface area (Å²) in [6.45, 7) is 5.06. The van der Waals surface area contributed by atoms with Crippen LogP contribution in [0, 0.1) is 11.8 Å². The zero-order chi connectivity index (χ0) is 18.0. The largest absolute Gasteiger partial charge is 0.394 e. The molecule has 2 fully saturated rings. The number of hydrogen-bond donors (Lipinski definition) is 4. The van der Waals surface area contributed by atoms with E-state index in [0.29, 0.717) is 6.42 Å². The van der Waals surface area contributed by atoms with Crippen LogP contribution in [0.3, 0.4) is 0 Å². The summed E-state index contributed by atoms with van der Waals surface area (Å²) in [7, 11) is 1.51. The third-order valence-electron chi connectivity index (χ3n) is 5.15. The Labute approximate surface area is 142 Å². The molecule has 4 N–H and O–H groups in total. The first kappa shape index (κ1) is 20.0. The summed E-state index contributed by atoms with van der Waals surface area (Å²) < 4.78 is 22.4. The van der Waals surface area contributed by atoms with Crippen molar-refractivity contribution >= 4 is 0 Å². The van der Waals surface area contributed by atoms with Crippen LogP contribution in [-0.2, 0) is 18.9 Å². The predicted octanol–water partition coefficient (Wildman–Crippen LogP) is -0.775. The first-order valence-corrected chi connectivity index (χ1v) is 8.49. The van der Waals surface area contributed by atoms with Crippen LogP contribution in [0.2, 0.25) is 0 Å². The lowest BCUT2D eigenvalue weighted by molar-refractivity contribution is -0.344. The SMILES string of the molecule is CCC1OC(OC)C(C)C(O)C1OC1OC(CO)C(C)C(O)C1O. The minimum Gasteiger partial charge on any atom is -0.394 e. The fourth-order valence-corrected chi connectivity index (χ4v) is 3.37. The zero-order valence-electron chi connectivity index (χ0n) is 14.6. The quantitative estimate of drug-likeness (QED) is 0.510. The van der Waals surface area contributed by atoms with Crippen molar-refractivity contribution in [1.29, 1.82) is 0 Å². The summed E-state index contributed by atoms with van der Waals surface area (Å²) in [5.74, 6) is -0.767. The van der Waals surface area contributed by atoms with E-state index in [-0.39, 0.29) is 12.5 Å². The first-order valence-electron chi connectivity index (χ1n) is 8.49. The van der Waals surface area contributed by atoms with Crippen LogP contribution < -0.4 is 0 Å². The van der Waals surface area contributed by atoms with Crippen LogP contribution >= 0.6 is 0 Å². The zero-order valence-corrected chi connectivity index (χ0v) is 14.6. The van der Waals surface area contributed by atoms with Crippen molar-refractivity contribution in [1.82, 2.24) is 0 Å². The molecule has 0 spiro atoms. The van der Waals surface area contributed by atoms with Gasteiger partial charge in [0.05, 0.1) is 31.0 Å². The second-order valence-corrected chi connectivity index (χ2v) is 6.70. The molecule has 0 aliphatic carbocycles. The smallest absolute Gasteiger partial charge is 0.187 e. The molecule has 10 unspecified atom stereocenters. The fraction of sp³-hybridized carbons (Fsp3) is 1.00. The predicted molar refractivity (Wildman–Crippen MR) is 82.9 cm³/mol. The molecule has 2 aliphatic heterocycles. The summed E-state index contributed by atoms with van der Waals surface area (Å²) in [6, 6.07) is 0. The van der Waals surface area contributed by atoms with Crippen LogP contribution in [0.5, 0.6) is 0 Å². The average Bonchev–Trinajstić information content (AvgIpc) is 2.59. The number of aliphatic hydroxyl groups excluding tert-OH is 4. The summed E-state index contributed by atoms with van der Waals surface area (Å²) in [5.41, 5.74) is 0. The third-order valence-corrected chi connectivity index (χ3v) is 5.15. The Morgan fingerprint density at radius 2 is 1.50 bits per heavy atom. The average molecular weight is 350 g/mol. The van der Waals surface area contributed by atoms with Crippen LogP contribution in [0.15, 0.2) is 0 Å². The van der Waals surface area contributed by atoms with Crippen LogP contribution in [0.4, 0.5) is 0 Å². The van der Waals surface area contributed by atoms with E-state index >= 15 is 0 Å². The van der Waals surface area contributed by atoms with Gasteiger partial charge in [-0.3, -0.25) is 0 Å². The topological polar surface area (TPSA) is 118 Å². The van der Waals surface area contributed by atoms with E-state index < -0.39 is 55.1 Å². The molecule has 142 valence electrons. The molecule has 0 amide bonds. The van der Waals surface area contributed by atoms with Gasteiger partial charge in [0, 0.05) is 18.9 Å². The van der Waals surface area contributed by atoms with Crippen molar-refractivity contribution in [2.45, 2.75) is 76.4 Å². The molecular weight excluding hydrogens is 320 g/mol. The molecule has 0 radical (unpaired) electrons. The number of rotatable bonds is 5. The molecule has 10 atom stereocenters. The van der Waals surface area contributed by atoms with E-state index in [2.05, 4.69) is 0 Å². The lowest BCUT2D eigenvalue weighted by Crippen LogP contribution is -2.60. The highest BCUT2D eigenvalue weighted by molar-refractivity contribution is 4.91. The van der Waals surface area contributed by atoms with Gasteiger partial charge in [0.1, 0.15) is 12.2 Å². The second kappa shape index (κ2) is 8.37. The molecule has 0 aromatic heterocycles. The molecule has 2 aliphatic rings. The third kappa shape index (κ3) is 3.76.